The first kappa shape index (κ1) is 10.3. The number of hydrogen-bond acceptors (Lipinski definition) is 5. The molecule has 0 aliphatic rings. The highest BCUT2D eigenvalue weighted by atomic mass is 16.2. The summed E-state index contributed by atoms with van der Waals surface area (Å²) >= 11 is 0. The summed E-state index contributed by atoms with van der Waals surface area (Å²) in [7, 11) is 0. The zero-order valence-corrected chi connectivity index (χ0v) is 9.16. The van der Waals surface area contributed by atoms with Gasteiger partial charge < -0.3 is 5.32 Å². The van der Waals surface area contributed by atoms with Crippen LogP contribution in [0.4, 0.5) is 5.69 Å². The molecule has 3 rings (SSSR count). The number of fused-ring (bicyclic) bond motifs is 1. The summed E-state index contributed by atoms with van der Waals surface area (Å²) in [6.45, 7) is 0. The number of H-pyrrole nitrogens is 1. The van der Waals surface area contributed by atoms with Crippen molar-refractivity contribution in [1.82, 2.24) is 25.6 Å². The first-order valence-electron chi connectivity index (χ1n) is 5.22. The van der Waals surface area contributed by atoms with Crippen molar-refractivity contribution in [3.05, 3.63) is 42.4 Å². The first-order chi connectivity index (χ1) is 8.83. The third kappa shape index (κ3) is 1.88. The zero-order valence-electron chi connectivity index (χ0n) is 9.16. The van der Waals surface area contributed by atoms with Gasteiger partial charge in [0.1, 0.15) is 0 Å². The lowest BCUT2D eigenvalue weighted by Crippen LogP contribution is -2.13. The molecule has 2 aromatic heterocycles. The minimum atomic E-state index is -0.430. The summed E-state index contributed by atoms with van der Waals surface area (Å²) in [6.07, 6.45) is 1.58. The van der Waals surface area contributed by atoms with Crippen molar-refractivity contribution in [3.63, 3.8) is 0 Å². The fourth-order valence-corrected chi connectivity index (χ4v) is 1.58. The van der Waals surface area contributed by atoms with E-state index < -0.39 is 5.91 Å². The van der Waals surface area contributed by atoms with Crippen molar-refractivity contribution in [1.29, 1.82) is 0 Å². The average molecular weight is 240 g/mol. The fourth-order valence-electron chi connectivity index (χ4n) is 1.58. The van der Waals surface area contributed by atoms with E-state index in [1.54, 1.807) is 6.20 Å². The normalized spacial score (nSPS) is 10.4. The van der Waals surface area contributed by atoms with Crippen LogP contribution in [0, 0.1) is 0 Å². The quantitative estimate of drug-likeness (QED) is 0.696. The molecule has 2 heterocycles. The Labute approximate surface area is 101 Å². The fraction of sp³-hybridized carbons (Fsp3) is 0. The number of rotatable bonds is 2. The van der Waals surface area contributed by atoms with Crippen molar-refractivity contribution >= 4 is 22.5 Å². The number of aromatic amines is 1. The molecule has 0 aliphatic carbocycles. The van der Waals surface area contributed by atoms with E-state index in [0.29, 0.717) is 5.69 Å². The number of anilines is 1. The summed E-state index contributed by atoms with van der Waals surface area (Å²) in [5, 5.41) is 16.3. The molecule has 88 valence electrons. The standard InChI is InChI=1S/C11H8N6O/c18-11(10-14-16-17-15-10)13-8-5-7-3-1-2-4-9(7)12-6-8/h1-6H,(H,13,18)(H,14,15,16,17). The number of hydrogen-bond donors (Lipinski definition) is 2. The van der Waals surface area contributed by atoms with E-state index in [4.69, 9.17) is 0 Å². The number of carbonyl (C=O) groups is 1. The lowest BCUT2D eigenvalue weighted by molar-refractivity contribution is 0.101. The van der Waals surface area contributed by atoms with Crippen LogP contribution in [-0.2, 0) is 0 Å². The predicted octanol–water partition coefficient (Wildman–Crippen LogP) is 1.00. The van der Waals surface area contributed by atoms with Gasteiger partial charge in [-0.1, -0.05) is 18.2 Å². The third-order valence-electron chi connectivity index (χ3n) is 2.40. The molecule has 0 unspecified atom stereocenters. The van der Waals surface area contributed by atoms with Gasteiger partial charge in [0.25, 0.3) is 11.7 Å². The van der Waals surface area contributed by atoms with E-state index in [9.17, 15) is 4.79 Å². The topological polar surface area (TPSA) is 96.5 Å². The van der Waals surface area contributed by atoms with Gasteiger partial charge in [-0.25, -0.2) is 0 Å². The second-order valence-electron chi connectivity index (χ2n) is 3.61. The molecule has 1 aromatic carbocycles. The van der Waals surface area contributed by atoms with Gasteiger partial charge in [0.05, 0.1) is 17.4 Å². The Bertz CT molecular complexity index is 694. The van der Waals surface area contributed by atoms with E-state index >= 15 is 0 Å². The molecule has 0 spiro atoms. The number of pyridine rings is 1. The molecule has 1 amide bonds. The molecule has 0 saturated carbocycles. The second kappa shape index (κ2) is 4.21. The molecule has 2 N–H and O–H groups in total. The van der Waals surface area contributed by atoms with Crippen molar-refractivity contribution in [3.8, 4) is 0 Å². The smallest absolute Gasteiger partial charge is 0.297 e. The van der Waals surface area contributed by atoms with Crippen LogP contribution in [0.5, 0.6) is 0 Å². The molecule has 18 heavy (non-hydrogen) atoms. The molecule has 0 atom stereocenters. The minimum Gasteiger partial charge on any atom is -0.318 e. The Morgan fingerprint density at radius 3 is 3.00 bits per heavy atom. The van der Waals surface area contributed by atoms with Gasteiger partial charge in [-0.15, -0.1) is 10.2 Å². The summed E-state index contributed by atoms with van der Waals surface area (Å²) in [5.41, 5.74) is 1.46. The SMILES string of the molecule is O=C(Nc1cnc2ccccc2c1)c1nn[nH]n1. The molecule has 0 bridgehead atoms. The highest BCUT2D eigenvalue weighted by molar-refractivity contribution is 6.02. The molecule has 0 aliphatic heterocycles. The van der Waals surface area contributed by atoms with Crippen molar-refractivity contribution in [2.24, 2.45) is 0 Å². The van der Waals surface area contributed by atoms with Gasteiger partial charge in [-0.2, -0.15) is 5.21 Å². The molecule has 0 fully saturated rings. The van der Waals surface area contributed by atoms with Crippen molar-refractivity contribution in [2.75, 3.05) is 5.32 Å². The van der Waals surface area contributed by atoms with E-state index in [1.807, 2.05) is 30.3 Å². The number of aromatic nitrogens is 5. The summed E-state index contributed by atoms with van der Waals surface area (Å²) in [6, 6.07) is 9.48. The average Bonchev–Trinajstić information content (AvgIpc) is 2.92. The number of carbonyl (C=O) groups excluding carboxylic acids is 1. The Morgan fingerprint density at radius 2 is 2.17 bits per heavy atom. The molecule has 3 aromatic rings. The van der Waals surface area contributed by atoms with E-state index in [1.165, 1.54) is 0 Å². The number of tetrazole rings is 1. The lowest BCUT2D eigenvalue weighted by atomic mass is 10.2. The lowest BCUT2D eigenvalue weighted by Gasteiger charge is -2.03. The number of nitrogens with zero attached hydrogens (tertiary/aromatic N) is 4. The highest BCUT2D eigenvalue weighted by Crippen LogP contribution is 2.16. The zero-order chi connectivity index (χ0) is 12.4. The molecular formula is C11H8N6O. The van der Waals surface area contributed by atoms with Gasteiger partial charge in [-0.05, 0) is 17.3 Å². The van der Waals surface area contributed by atoms with E-state index in [2.05, 4.69) is 30.9 Å². The van der Waals surface area contributed by atoms with Gasteiger partial charge in [0.2, 0.25) is 0 Å². The van der Waals surface area contributed by atoms with Gasteiger partial charge in [0, 0.05) is 5.39 Å². The summed E-state index contributed by atoms with van der Waals surface area (Å²) < 4.78 is 0. The van der Waals surface area contributed by atoms with Gasteiger partial charge in [0.15, 0.2) is 0 Å². The largest absolute Gasteiger partial charge is 0.318 e. The number of nitrogens with one attached hydrogen (secondary N) is 2. The van der Waals surface area contributed by atoms with E-state index in [0.717, 1.165) is 10.9 Å². The predicted molar refractivity (Wildman–Crippen MR) is 63.9 cm³/mol. The van der Waals surface area contributed by atoms with Crippen LogP contribution in [0.15, 0.2) is 36.5 Å². The summed E-state index contributed by atoms with van der Waals surface area (Å²) in [4.78, 5) is 15.9. The Hall–Kier alpha value is -2.83. The van der Waals surface area contributed by atoms with Crippen LogP contribution in [0.3, 0.4) is 0 Å². The van der Waals surface area contributed by atoms with Crippen LogP contribution >= 0.6 is 0 Å². The molecule has 7 heteroatoms. The maximum absolute atomic E-state index is 11.7. The van der Waals surface area contributed by atoms with Crippen LogP contribution in [0.1, 0.15) is 10.6 Å². The van der Waals surface area contributed by atoms with Crippen molar-refractivity contribution in [2.45, 2.75) is 0 Å². The monoisotopic (exact) mass is 240 g/mol. The molecule has 7 nitrogen and oxygen atoms in total. The van der Waals surface area contributed by atoms with E-state index in [-0.39, 0.29) is 5.82 Å². The second-order valence-corrected chi connectivity index (χ2v) is 3.61. The molecule has 0 saturated heterocycles. The van der Waals surface area contributed by atoms with Crippen LogP contribution < -0.4 is 5.32 Å². The van der Waals surface area contributed by atoms with Crippen LogP contribution in [0.25, 0.3) is 10.9 Å². The highest BCUT2D eigenvalue weighted by Gasteiger charge is 2.10. The number of benzene rings is 1. The van der Waals surface area contributed by atoms with Crippen LogP contribution in [-0.4, -0.2) is 31.5 Å². The van der Waals surface area contributed by atoms with Gasteiger partial charge >= 0.3 is 0 Å². The summed E-state index contributed by atoms with van der Waals surface area (Å²) in [5.74, 6) is -0.441. The first-order valence-corrected chi connectivity index (χ1v) is 5.22. The van der Waals surface area contributed by atoms with Gasteiger partial charge in [-0.3, -0.25) is 9.78 Å². The molecular weight excluding hydrogens is 232 g/mol. The molecule has 0 radical (unpaired) electrons. The van der Waals surface area contributed by atoms with Crippen molar-refractivity contribution < 1.29 is 4.79 Å². The Kier molecular flexibility index (Phi) is 2.41. The maximum atomic E-state index is 11.7. The number of para-hydroxylation sites is 1. The van der Waals surface area contributed by atoms with Crippen LogP contribution in [0.2, 0.25) is 0 Å². The Morgan fingerprint density at radius 1 is 1.28 bits per heavy atom. The Balaban J connectivity index is 1.89. The third-order valence-corrected chi connectivity index (χ3v) is 2.40. The number of amides is 1. The maximum Gasteiger partial charge on any atom is 0.297 e. The minimum absolute atomic E-state index is 0.0110.